The van der Waals surface area contributed by atoms with Crippen LogP contribution in [0, 0.1) is 11.7 Å². The molecule has 0 radical (unpaired) electrons. The van der Waals surface area contributed by atoms with Crippen LogP contribution in [0.25, 0.3) is 11.1 Å². The predicted molar refractivity (Wildman–Crippen MR) is 88.9 cm³/mol. The number of hydrogen-bond donors (Lipinski definition) is 2. The summed E-state index contributed by atoms with van der Waals surface area (Å²) in [5.41, 5.74) is 7.09. The van der Waals surface area contributed by atoms with Gasteiger partial charge in [0.1, 0.15) is 11.6 Å². The Morgan fingerprint density at radius 3 is 2.43 bits per heavy atom. The highest BCUT2D eigenvalue weighted by molar-refractivity contribution is 5.95. The van der Waals surface area contributed by atoms with E-state index in [0.29, 0.717) is 18.7 Å². The van der Waals surface area contributed by atoms with Crippen molar-refractivity contribution in [1.82, 2.24) is 5.32 Å². The second-order valence-corrected chi connectivity index (χ2v) is 5.47. The van der Waals surface area contributed by atoms with Gasteiger partial charge in [-0.15, -0.1) is 0 Å². The lowest BCUT2D eigenvalue weighted by Crippen LogP contribution is -2.31. The Morgan fingerprint density at radius 1 is 1.22 bits per heavy atom. The minimum Gasteiger partial charge on any atom is -0.497 e. The molecular formula is C18H21FN2O2. The van der Waals surface area contributed by atoms with Gasteiger partial charge in [0.05, 0.1) is 12.7 Å². The average Bonchev–Trinajstić information content (AvgIpc) is 2.59. The Hall–Kier alpha value is -2.40. The largest absolute Gasteiger partial charge is 0.497 e. The van der Waals surface area contributed by atoms with Crippen molar-refractivity contribution in [3.05, 3.63) is 53.8 Å². The Balaban J connectivity index is 2.15. The molecule has 2 aromatic rings. The summed E-state index contributed by atoms with van der Waals surface area (Å²) >= 11 is 0. The van der Waals surface area contributed by atoms with Gasteiger partial charge in [0.15, 0.2) is 0 Å². The van der Waals surface area contributed by atoms with Gasteiger partial charge in [-0.1, -0.05) is 25.1 Å². The van der Waals surface area contributed by atoms with Crippen molar-refractivity contribution in [2.45, 2.75) is 6.92 Å². The maximum absolute atomic E-state index is 14.2. The van der Waals surface area contributed by atoms with E-state index in [1.165, 1.54) is 12.1 Å². The minimum absolute atomic E-state index is 0.0338. The fraction of sp³-hybridized carbons (Fsp3) is 0.278. The Kier molecular flexibility index (Phi) is 5.71. The number of carbonyl (C=O) groups is 1. The third kappa shape index (κ3) is 4.29. The molecule has 23 heavy (non-hydrogen) atoms. The fourth-order valence-corrected chi connectivity index (χ4v) is 2.11. The second-order valence-electron chi connectivity index (χ2n) is 5.47. The molecule has 0 heterocycles. The Morgan fingerprint density at radius 2 is 1.87 bits per heavy atom. The first-order chi connectivity index (χ1) is 11.0. The van der Waals surface area contributed by atoms with Crippen molar-refractivity contribution < 1.29 is 13.9 Å². The predicted octanol–water partition coefficient (Wildman–Crippen LogP) is 2.83. The van der Waals surface area contributed by atoms with E-state index < -0.39 is 11.7 Å². The lowest BCUT2D eigenvalue weighted by Gasteiger charge is -2.11. The maximum atomic E-state index is 14.2. The smallest absolute Gasteiger partial charge is 0.254 e. The molecular weight excluding hydrogens is 295 g/mol. The zero-order valence-electron chi connectivity index (χ0n) is 13.3. The number of ether oxygens (including phenoxy) is 1. The molecule has 0 aliphatic rings. The molecule has 122 valence electrons. The van der Waals surface area contributed by atoms with Crippen LogP contribution in [-0.2, 0) is 0 Å². The minimum atomic E-state index is -0.545. The lowest BCUT2D eigenvalue weighted by atomic mass is 10.0. The van der Waals surface area contributed by atoms with E-state index >= 15 is 0 Å². The van der Waals surface area contributed by atoms with Gasteiger partial charge in [0.2, 0.25) is 0 Å². The summed E-state index contributed by atoms with van der Waals surface area (Å²) in [5, 5.41) is 2.69. The third-order valence-corrected chi connectivity index (χ3v) is 3.65. The van der Waals surface area contributed by atoms with E-state index in [2.05, 4.69) is 5.32 Å². The molecule has 1 amide bonds. The molecule has 0 fully saturated rings. The van der Waals surface area contributed by atoms with Crippen molar-refractivity contribution >= 4 is 5.91 Å². The molecule has 0 spiro atoms. The van der Waals surface area contributed by atoms with Crippen LogP contribution in [0.4, 0.5) is 4.39 Å². The molecule has 0 bridgehead atoms. The van der Waals surface area contributed by atoms with Crippen molar-refractivity contribution in [3.63, 3.8) is 0 Å². The van der Waals surface area contributed by atoms with Crippen LogP contribution in [0.15, 0.2) is 42.5 Å². The quantitative estimate of drug-likeness (QED) is 0.861. The molecule has 2 aromatic carbocycles. The highest BCUT2D eigenvalue weighted by atomic mass is 19.1. The topological polar surface area (TPSA) is 64.3 Å². The van der Waals surface area contributed by atoms with Gasteiger partial charge in [0.25, 0.3) is 5.91 Å². The van der Waals surface area contributed by atoms with Gasteiger partial charge in [-0.05, 0) is 47.9 Å². The molecule has 4 nitrogen and oxygen atoms in total. The van der Waals surface area contributed by atoms with Crippen molar-refractivity contribution in [3.8, 4) is 16.9 Å². The first-order valence-corrected chi connectivity index (χ1v) is 7.47. The van der Waals surface area contributed by atoms with E-state index in [1.54, 1.807) is 13.2 Å². The van der Waals surface area contributed by atoms with Crippen LogP contribution >= 0.6 is 0 Å². The van der Waals surface area contributed by atoms with E-state index in [9.17, 15) is 9.18 Å². The summed E-state index contributed by atoms with van der Waals surface area (Å²) in [6.45, 7) is 2.82. The molecule has 2 rings (SSSR count). The van der Waals surface area contributed by atoms with E-state index in [1.807, 2.05) is 31.2 Å². The lowest BCUT2D eigenvalue weighted by molar-refractivity contribution is 0.0944. The van der Waals surface area contributed by atoms with Gasteiger partial charge in [-0.2, -0.15) is 0 Å². The SMILES string of the molecule is COc1ccc(-c2ccc(C(=O)NCC(C)CN)c(F)c2)cc1. The van der Waals surface area contributed by atoms with Gasteiger partial charge >= 0.3 is 0 Å². The molecule has 0 saturated carbocycles. The number of rotatable bonds is 6. The van der Waals surface area contributed by atoms with Gasteiger partial charge in [0, 0.05) is 6.54 Å². The van der Waals surface area contributed by atoms with Crippen LogP contribution in [-0.4, -0.2) is 26.1 Å². The third-order valence-electron chi connectivity index (χ3n) is 3.65. The van der Waals surface area contributed by atoms with E-state index in [0.717, 1.165) is 11.3 Å². The van der Waals surface area contributed by atoms with Crippen LogP contribution in [0.2, 0.25) is 0 Å². The molecule has 0 aliphatic carbocycles. The monoisotopic (exact) mass is 316 g/mol. The van der Waals surface area contributed by atoms with Gasteiger partial charge < -0.3 is 15.8 Å². The van der Waals surface area contributed by atoms with E-state index in [4.69, 9.17) is 10.5 Å². The Labute approximate surface area is 135 Å². The van der Waals surface area contributed by atoms with Crippen molar-refractivity contribution in [2.75, 3.05) is 20.2 Å². The fourth-order valence-electron chi connectivity index (χ4n) is 2.11. The standard InChI is InChI=1S/C18H21FN2O2/c1-12(10-20)11-21-18(22)16-8-5-14(9-17(16)19)13-3-6-15(23-2)7-4-13/h3-9,12H,10-11,20H2,1-2H3,(H,21,22). The Bertz CT molecular complexity index is 671. The number of carbonyl (C=O) groups excluding carboxylic acids is 1. The summed E-state index contributed by atoms with van der Waals surface area (Å²) in [6.07, 6.45) is 0. The van der Waals surface area contributed by atoms with Crippen LogP contribution < -0.4 is 15.8 Å². The summed E-state index contributed by atoms with van der Waals surface area (Å²) in [6, 6.07) is 11.9. The molecule has 5 heteroatoms. The number of halogens is 1. The van der Waals surface area contributed by atoms with Crippen LogP contribution in [0.3, 0.4) is 0 Å². The van der Waals surface area contributed by atoms with Crippen molar-refractivity contribution in [2.24, 2.45) is 11.7 Å². The zero-order chi connectivity index (χ0) is 16.8. The van der Waals surface area contributed by atoms with Crippen LogP contribution in [0.5, 0.6) is 5.75 Å². The number of nitrogens with one attached hydrogen (secondary N) is 1. The molecule has 1 unspecified atom stereocenters. The zero-order valence-corrected chi connectivity index (χ0v) is 13.3. The van der Waals surface area contributed by atoms with Crippen molar-refractivity contribution in [1.29, 1.82) is 0 Å². The normalized spacial score (nSPS) is 11.8. The molecule has 0 aromatic heterocycles. The van der Waals surface area contributed by atoms with Gasteiger partial charge in [-0.3, -0.25) is 4.79 Å². The first-order valence-electron chi connectivity index (χ1n) is 7.47. The highest BCUT2D eigenvalue weighted by Gasteiger charge is 2.13. The maximum Gasteiger partial charge on any atom is 0.254 e. The number of methoxy groups -OCH3 is 1. The average molecular weight is 316 g/mol. The van der Waals surface area contributed by atoms with Gasteiger partial charge in [-0.25, -0.2) is 4.39 Å². The number of amides is 1. The summed E-state index contributed by atoms with van der Waals surface area (Å²) in [4.78, 5) is 12.0. The molecule has 3 N–H and O–H groups in total. The van der Waals surface area contributed by atoms with Crippen LogP contribution in [0.1, 0.15) is 17.3 Å². The molecule has 0 saturated heterocycles. The molecule has 0 aliphatic heterocycles. The second kappa shape index (κ2) is 7.74. The molecule has 1 atom stereocenters. The highest BCUT2D eigenvalue weighted by Crippen LogP contribution is 2.24. The number of benzene rings is 2. The summed E-state index contributed by atoms with van der Waals surface area (Å²) in [5.74, 6) is -0.0832. The summed E-state index contributed by atoms with van der Waals surface area (Å²) < 4.78 is 19.3. The summed E-state index contributed by atoms with van der Waals surface area (Å²) in [7, 11) is 1.59. The first kappa shape index (κ1) is 17.0. The van der Waals surface area contributed by atoms with E-state index in [-0.39, 0.29) is 11.5 Å². The number of nitrogens with two attached hydrogens (primary N) is 1. The number of hydrogen-bond acceptors (Lipinski definition) is 3.